The second kappa shape index (κ2) is 37.0. The van der Waals surface area contributed by atoms with Crippen LogP contribution in [0, 0.1) is 39.0 Å². The first kappa shape index (κ1) is 71.0. The fourth-order valence-electron chi connectivity index (χ4n) is 8.08. The molecule has 430 valence electrons. The van der Waals surface area contributed by atoms with Gasteiger partial charge in [-0.2, -0.15) is 19.9 Å². The van der Waals surface area contributed by atoms with Gasteiger partial charge in [0.2, 0.25) is 5.95 Å². The van der Waals surface area contributed by atoms with Gasteiger partial charge in [-0.15, -0.1) is 0 Å². The Morgan fingerprint density at radius 3 is 1.10 bits per heavy atom. The normalized spacial score (nSPS) is 17.0. The third-order valence-corrected chi connectivity index (χ3v) is 12.4. The molecule has 7 aliphatic heterocycles. The first-order valence-electron chi connectivity index (χ1n) is 27.1. The van der Waals surface area contributed by atoms with E-state index in [2.05, 4.69) is 130 Å². The van der Waals surface area contributed by atoms with Crippen molar-refractivity contribution >= 4 is 63.1 Å². The van der Waals surface area contributed by atoms with E-state index in [-0.39, 0.29) is 11.7 Å². The minimum atomic E-state index is -0.289. The van der Waals surface area contributed by atoms with E-state index >= 15 is 0 Å². The van der Waals surface area contributed by atoms with Crippen molar-refractivity contribution in [1.82, 2.24) is 9.97 Å². The molecule has 0 radical (unpaired) electrons. The molecule has 2 aromatic rings. The van der Waals surface area contributed by atoms with Crippen LogP contribution in [0.2, 0.25) is 0 Å². The number of ketones is 1. The molecule has 2 aromatic heterocycles. The molecular weight excluding hydrogens is 1020 g/mol. The summed E-state index contributed by atoms with van der Waals surface area (Å²) in [7, 11) is 0. The van der Waals surface area contributed by atoms with E-state index in [0.717, 1.165) is 101 Å². The summed E-state index contributed by atoms with van der Waals surface area (Å²) in [5.41, 5.74) is 25.9. The minimum absolute atomic E-state index is 0.0781. The van der Waals surface area contributed by atoms with Crippen molar-refractivity contribution < 1.29 is 9.18 Å². The van der Waals surface area contributed by atoms with Gasteiger partial charge in [-0.05, 0) is 221 Å². The van der Waals surface area contributed by atoms with Crippen LogP contribution in [0.3, 0.4) is 0 Å². The lowest BCUT2D eigenvalue weighted by molar-refractivity contribution is -0.113. The van der Waals surface area contributed by atoms with Crippen LogP contribution in [0.1, 0.15) is 199 Å². The standard InChI is InChI=1S/C8H11NO.C7H8N2.C7H11N.2C7H9N.C7H10.C6H8ClN.C6H8FN.C6H9N.C5H8N2/c1-5-4-6(2)9-8(5)7(3)10;1-5-3-6(2)9-7(5)4-8;1-5-4-6(2)8-7(5)3;2*1-6-3-4-8-7(2)5-6;1-6-3-4-7(2)5-6;2*1-4-3-5(2)8-6(4)7;1-5-3-6(2)7-4-5;1-4-3-5(2)7-6-4/h4H2,1-3H3;3H2,1-2H3;4H2,1-3H3;2*3-5H,1-2H3;3-4H,5H2,1-2H3;2*3H2,1-2H3;4H,3H2,1-2H3;3H2,1-2H3. The number of aryl methyl sites for hydroxylation is 4. The second-order valence-corrected chi connectivity index (χ2v) is 21.9. The van der Waals surface area contributed by atoms with Gasteiger partial charge in [-0.3, -0.25) is 29.7 Å². The molecule has 0 amide bonds. The lowest BCUT2D eigenvalue weighted by atomic mass is 10.1. The number of nitrogens with zero attached hydrogens (tertiary/aromatic N) is 11. The highest BCUT2D eigenvalue weighted by atomic mass is 35.5. The zero-order valence-corrected chi connectivity index (χ0v) is 53.2. The lowest BCUT2D eigenvalue weighted by Crippen LogP contribution is -1.92. The van der Waals surface area contributed by atoms with Gasteiger partial charge in [0.1, 0.15) is 22.6 Å². The summed E-state index contributed by atoms with van der Waals surface area (Å²) in [6.07, 6.45) is 17.7. The summed E-state index contributed by atoms with van der Waals surface area (Å²) < 4.78 is 12.3. The highest BCUT2D eigenvalue weighted by Crippen LogP contribution is 2.23. The van der Waals surface area contributed by atoms with Gasteiger partial charge in [0, 0.05) is 133 Å². The van der Waals surface area contributed by atoms with Crippen molar-refractivity contribution in [3.05, 3.63) is 150 Å². The number of aliphatic imine (C=N–C) groups is 6. The monoisotopic (exact) mass is 1110 g/mol. The third-order valence-electron chi connectivity index (χ3n) is 12.0. The molecule has 14 heteroatoms. The van der Waals surface area contributed by atoms with Crippen LogP contribution in [0.5, 0.6) is 0 Å². The van der Waals surface area contributed by atoms with Crippen molar-refractivity contribution in [3.63, 3.8) is 0 Å². The van der Waals surface area contributed by atoms with E-state index in [9.17, 15) is 9.18 Å². The van der Waals surface area contributed by atoms with E-state index in [1.807, 2.05) is 120 Å². The molecule has 0 aromatic carbocycles. The third kappa shape index (κ3) is 30.9. The Balaban J connectivity index is 0.000000445. The van der Waals surface area contributed by atoms with Gasteiger partial charge in [0.15, 0.2) is 5.78 Å². The Morgan fingerprint density at radius 1 is 0.487 bits per heavy atom. The zero-order chi connectivity index (χ0) is 60.8. The van der Waals surface area contributed by atoms with Gasteiger partial charge < -0.3 is 0 Å². The van der Waals surface area contributed by atoms with E-state index in [1.54, 1.807) is 13.8 Å². The summed E-state index contributed by atoms with van der Waals surface area (Å²) in [5.74, 6) is -0.211. The maximum Gasteiger partial charge on any atom is 0.212 e. The fourth-order valence-corrected chi connectivity index (χ4v) is 8.29. The van der Waals surface area contributed by atoms with E-state index in [0.29, 0.717) is 23.0 Å². The van der Waals surface area contributed by atoms with Gasteiger partial charge >= 0.3 is 0 Å². The summed E-state index contributed by atoms with van der Waals surface area (Å²) in [6, 6.07) is 10.1. The highest BCUT2D eigenvalue weighted by molar-refractivity contribution is 6.31. The summed E-state index contributed by atoms with van der Waals surface area (Å²) in [4.78, 5) is 43.0. The summed E-state index contributed by atoms with van der Waals surface area (Å²) in [6.45, 7) is 43.7. The zero-order valence-electron chi connectivity index (χ0n) is 52.4. The van der Waals surface area contributed by atoms with Gasteiger partial charge in [0.25, 0.3) is 0 Å². The number of pyridine rings is 2. The second-order valence-electron chi connectivity index (χ2n) is 21.6. The molecule has 0 saturated heterocycles. The number of carbonyl (C=O) groups is 1. The quantitative estimate of drug-likeness (QED) is 0.260. The lowest BCUT2D eigenvalue weighted by Gasteiger charge is -1.91. The van der Waals surface area contributed by atoms with Crippen LogP contribution < -0.4 is 0 Å². The molecule has 12 nitrogen and oxygen atoms in total. The number of allylic oxidation sites excluding steroid dienone is 13. The molecule has 0 bridgehead atoms. The molecule has 0 unspecified atom stereocenters. The molecular formula is C66H91ClFN11O. The van der Waals surface area contributed by atoms with E-state index < -0.39 is 0 Å². The number of aromatic nitrogens is 2. The SMILES string of the molecule is CC(=O)C1=C(C)CC(C)=N1.CC1=CC=C(C)C1.CC1=CN=C(C)C1.CC1=NC(C#N)=C(C)C1.CC1=NC(C)=C(C)C1.CC1=NC(Cl)=C(C)C1.CC1=NC(F)=C(C)C1.CC1=NN=C(C)C1.Cc1ccnc(C)c1.Cc1ccnc(C)c1. The van der Waals surface area contributed by atoms with Crippen molar-refractivity contribution in [1.29, 1.82) is 5.26 Å². The smallest absolute Gasteiger partial charge is 0.212 e. The number of nitriles is 1. The maximum atomic E-state index is 12.3. The predicted molar refractivity (Wildman–Crippen MR) is 343 cm³/mol. The van der Waals surface area contributed by atoms with Gasteiger partial charge in [-0.1, -0.05) is 34.9 Å². The molecule has 0 N–H and O–H groups in total. The van der Waals surface area contributed by atoms with Crippen LogP contribution in [-0.2, 0) is 4.79 Å². The largest absolute Gasteiger partial charge is 0.293 e. The number of rotatable bonds is 1. The molecule has 80 heavy (non-hydrogen) atoms. The van der Waals surface area contributed by atoms with Gasteiger partial charge in [0.05, 0.1) is 0 Å². The molecule has 9 heterocycles. The molecule has 8 aliphatic rings. The van der Waals surface area contributed by atoms with Crippen molar-refractivity contribution in [3.8, 4) is 6.07 Å². The number of carbonyl (C=O) groups excluding carboxylic acids is 1. The highest BCUT2D eigenvalue weighted by Gasteiger charge is 2.14. The average Bonchev–Trinajstić information content (AvgIpc) is 4.27. The minimum Gasteiger partial charge on any atom is -0.293 e. The van der Waals surface area contributed by atoms with Crippen LogP contribution in [0.25, 0.3) is 0 Å². The van der Waals surface area contributed by atoms with Crippen molar-refractivity contribution in [2.75, 3.05) is 0 Å². The molecule has 0 saturated carbocycles. The van der Waals surface area contributed by atoms with Crippen molar-refractivity contribution in [2.45, 2.75) is 204 Å². The number of hydrogen-bond donors (Lipinski definition) is 0. The molecule has 1 aliphatic carbocycles. The van der Waals surface area contributed by atoms with Crippen LogP contribution in [-0.4, -0.2) is 61.4 Å². The summed E-state index contributed by atoms with van der Waals surface area (Å²) in [5, 5.41) is 16.8. The number of hydrogen-bond acceptors (Lipinski definition) is 12. The number of halogens is 2. The molecule has 0 spiro atoms. The average molecular weight is 1110 g/mol. The van der Waals surface area contributed by atoms with Crippen LogP contribution in [0.4, 0.5) is 4.39 Å². The Morgan fingerprint density at radius 2 is 0.938 bits per heavy atom. The van der Waals surface area contributed by atoms with Crippen LogP contribution >= 0.6 is 11.6 Å². The Kier molecular flexibility index (Phi) is 32.8. The first-order valence-corrected chi connectivity index (χ1v) is 27.5. The molecule has 0 fully saturated rings. The van der Waals surface area contributed by atoms with Gasteiger partial charge in [-0.25, -0.2) is 15.0 Å². The Labute approximate surface area is 485 Å². The maximum absolute atomic E-state index is 12.3. The Bertz CT molecular complexity index is 2790. The van der Waals surface area contributed by atoms with E-state index in [1.165, 1.54) is 62.5 Å². The summed E-state index contributed by atoms with van der Waals surface area (Å²) >= 11 is 5.65. The first-order chi connectivity index (χ1) is 37.4. The van der Waals surface area contributed by atoms with Crippen molar-refractivity contribution in [2.24, 2.45) is 40.2 Å². The molecule has 0 atom stereocenters. The predicted octanol–water partition coefficient (Wildman–Crippen LogP) is 18.5. The fraction of sp³-hybridized carbons (Fsp3) is 0.455. The van der Waals surface area contributed by atoms with Crippen LogP contribution in [0.15, 0.2) is 168 Å². The number of Topliss-reactive ketones (excluding diaryl/α,β-unsaturated/α-hetero) is 1. The Hall–Kier alpha value is -7.04. The van der Waals surface area contributed by atoms with E-state index in [4.69, 9.17) is 16.9 Å². The molecule has 10 rings (SSSR count). The topological polar surface area (TPSA) is 166 Å².